The molecule has 0 bridgehead atoms. The third-order valence-corrected chi connectivity index (χ3v) is 6.69. The number of hydrogen-bond donors (Lipinski definition) is 1. The molecule has 0 spiro atoms. The van der Waals surface area contributed by atoms with E-state index in [0.717, 1.165) is 6.26 Å². The largest absolute Gasteiger partial charge is 0.384 e. The smallest absolute Gasteiger partial charge is 0.175 e. The number of imidazole rings is 1. The van der Waals surface area contributed by atoms with E-state index in [4.69, 9.17) is 11.6 Å². The Morgan fingerprint density at radius 1 is 1.00 bits per heavy atom. The molecule has 33 heavy (non-hydrogen) atoms. The zero-order valence-corrected chi connectivity index (χ0v) is 19.8. The molecule has 4 aromatic rings. The van der Waals surface area contributed by atoms with Crippen LogP contribution in [0.25, 0.3) is 28.2 Å². The van der Waals surface area contributed by atoms with Gasteiger partial charge in [-0.3, -0.25) is 4.57 Å². The zero-order chi connectivity index (χ0) is 24.0. The molecule has 8 heteroatoms. The van der Waals surface area contributed by atoms with Crippen molar-refractivity contribution in [2.75, 3.05) is 6.26 Å². The highest BCUT2D eigenvalue weighted by atomic mass is 35.5. The summed E-state index contributed by atoms with van der Waals surface area (Å²) in [7, 11) is -3.39. The molecule has 1 aromatic heterocycles. The highest BCUT2D eigenvalue weighted by molar-refractivity contribution is 7.90. The maximum absolute atomic E-state index is 15.4. The SMILES string of the molecule is CC(C)(O)c1cn(-c2ccc(-c3cccc(S(C)(=O)=O)c3)cc2F)c(-c2ccccc2Cl)n1. The fraction of sp³-hybridized carbons (Fsp3) is 0.160. The molecule has 1 N–H and O–H groups in total. The highest BCUT2D eigenvalue weighted by Gasteiger charge is 2.25. The third-order valence-electron chi connectivity index (χ3n) is 5.25. The maximum Gasteiger partial charge on any atom is 0.175 e. The van der Waals surface area contributed by atoms with Gasteiger partial charge in [0.2, 0.25) is 0 Å². The first-order valence-corrected chi connectivity index (χ1v) is 12.4. The number of aliphatic hydroxyl groups is 1. The van der Waals surface area contributed by atoms with E-state index in [-0.39, 0.29) is 10.6 Å². The first-order valence-electron chi connectivity index (χ1n) is 10.1. The predicted molar refractivity (Wildman–Crippen MR) is 128 cm³/mol. The van der Waals surface area contributed by atoms with Crippen LogP contribution in [0.1, 0.15) is 19.5 Å². The summed E-state index contributed by atoms with van der Waals surface area (Å²) >= 11 is 6.38. The molecule has 0 aliphatic rings. The molecule has 0 fully saturated rings. The minimum atomic E-state index is -3.39. The van der Waals surface area contributed by atoms with Gasteiger partial charge in [0.05, 0.1) is 21.3 Å². The van der Waals surface area contributed by atoms with Gasteiger partial charge in [-0.05, 0) is 61.4 Å². The lowest BCUT2D eigenvalue weighted by molar-refractivity contribution is 0.0743. The van der Waals surface area contributed by atoms with Gasteiger partial charge < -0.3 is 5.11 Å². The second-order valence-corrected chi connectivity index (χ2v) is 10.7. The van der Waals surface area contributed by atoms with Crippen LogP contribution in [0.3, 0.4) is 0 Å². The van der Waals surface area contributed by atoms with E-state index < -0.39 is 21.3 Å². The molecule has 0 aliphatic heterocycles. The molecule has 4 rings (SSSR count). The Morgan fingerprint density at radius 2 is 1.70 bits per heavy atom. The molecular formula is C25H22ClFN2O3S. The van der Waals surface area contributed by atoms with Gasteiger partial charge in [0.1, 0.15) is 17.2 Å². The number of nitrogens with zero attached hydrogens (tertiary/aromatic N) is 2. The third kappa shape index (κ3) is 4.71. The van der Waals surface area contributed by atoms with Crippen molar-refractivity contribution < 1.29 is 17.9 Å². The van der Waals surface area contributed by atoms with Crippen LogP contribution in [0.2, 0.25) is 5.02 Å². The van der Waals surface area contributed by atoms with E-state index in [1.807, 2.05) is 0 Å². The fourth-order valence-electron chi connectivity index (χ4n) is 3.48. The molecule has 0 saturated heterocycles. The van der Waals surface area contributed by atoms with E-state index in [9.17, 15) is 13.5 Å². The topological polar surface area (TPSA) is 72.2 Å². The molecule has 0 unspecified atom stereocenters. The van der Waals surface area contributed by atoms with E-state index in [1.54, 1.807) is 73.1 Å². The van der Waals surface area contributed by atoms with Crippen LogP contribution < -0.4 is 0 Å². The molecule has 1 heterocycles. The van der Waals surface area contributed by atoms with Gasteiger partial charge >= 0.3 is 0 Å². The number of halogens is 2. The summed E-state index contributed by atoms with van der Waals surface area (Å²) < 4.78 is 40.7. The lowest BCUT2D eigenvalue weighted by Gasteiger charge is -2.13. The zero-order valence-electron chi connectivity index (χ0n) is 18.3. The van der Waals surface area contributed by atoms with Crippen LogP contribution in [-0.2, 0) is 15.4 Å². The second-order valence-electron chi connectivity index (χ2n) is 8.32. The summed E-state index contributed by atoms with van der Waals surface area (Å²) in [6.45, 7) is 3.20. The van der Waals surface area contributed by atoms with Crippen LogP contribution in [-0.4, -0.2) is 29.3 Å². The van der Waals surface area contributed by atoms with E-state index in [1.165, 1.54) is 18.2 Å². The molecule has 170 valence electrons. The van der Waals surface area contributed by atoms with Crippen LogP contribution in [0.4, 0.5) is 4.39 Å². The molecule has 3 aromatic carbocycles. The average molecular weight is 485 g/mol. The minimum absolute atomic E-state index is 0.162. The normalized spacial score (nSPS) is 12.2. The Bertz CT molecular complexity index is 1460. The summed E-state index contributed by atoms with van der Waals surface area (Å²) in [5.41, 5.74) is 1.04. The van der Waals surface area contributed by atoms with Crippen molar-refractivity contribution in [1.82, 2.24) is 9.55 Å². The minimum Gasteiger partial charge on any atom is -0.384 e. The van der Waals surface area contributed by atoms with E-state index in [0.29, 0.717) is 33.2 Å². The van der Waals surface area contributed by atoms with Crippen molar-refractivity contribution in [1.29, 1.82) is 0 Å². The summed E-state index contributed by atoms with van der Waals surface area (Å²) in [5, 5.41) is 10.9. The summed E-state index contributed by atoms with van der Waals surface area (Å²) in [4.78, 5) is 4.71. The second kappa shape index (κ2) is 8.41. The van der Waals surface area contributed by atoms with E-state index in [2.05, 4.69) is 4.98 Å². The molecule has 0 aliphatic carbocycles. The van der Waals surface area contributed by atoms with Gasteiger partial charge in [-0.2, -0.15) is 0 Å². The molecule has 0 atom stereocenters. The molecule has 5 nitrogen and oxygen atoms in total. The number of benzene rings is 3. The van der Waals surface area contributed by atoms with Crippen molar-refractivity contribution in [2.45, 2.75) is 24.3 Å². The lowest BCUT2D eigenvalue weighted by atomic mass is 10.0. The summed E-state index contributed by atoms with van der Waals surface area (Å²) in [6.07, 6.45) is 2.71. The van der Waals surface area contributed by atoms with Gasteiger partial charge in [0, 0.05) is 18.0 Å². The van der Waals surface area contributed by atoms with Gasteiger partial charge in [0.15, 0.2) is 9.84 Å². The monoisotopic (exact) mass is 484 g/mol. The molecular weight excluding hydrogens is 463 g/mol. The van der Waals surface area contributed by atoms with Gasteiger partial charge in [-0.15, -0.1) is 0 Å². The average Bonchev–Trinajstić information content (AvgIpc) is 3.19. The number of aromatic nitrogens is 2. The van der Waals surface area contributed by atoms with Crippen LogP contribution in [0.5, 0.6) is 0 Å². The Hall–Kier alpha value is -3.00. The van der Waals surface area contributed by atoms with Crippen molar-refractivity contribution in [3.63, 3.8) is 0 Å². The Balaban J connectivity index is 1.86. The maximum atomic E-state index is 15.4. The van der Waals surface area contributed by atoms with Crippen LogP contribution in [0.15, 0.2) is 77.8 Å². The number of sulfone groups is 1. The summed E-state index contributed by atoms with van der Waals surface area (Å²) in [5.74, 6) is -0.145. The van der Waals surface area contributed by atoms with Crippen molar-refractivity contribution >= 4 is 21.4 Å². The van der Waals surface area contributed by atoms with Crippen LogP contribution in [0, 0.1) is 5.82 Å². The Labute approximate surface area is 197 Å². The standard InChI is InChI=1S/C25H22ClFN2O3S/c1-25(2,30)23-15-29(24(28-23)19-9-4-5-10-20(19)26)22-12-11-17(14-21(22)27)16-7-6-8-18(13-16)33(3,31)32/h4-15,30H,1-3H3. The summed E-state index contributed by atoms with van der Waals surface area (Å²) in [6, 6.07) is 18.1. The molecule has 0 amide bonds. The van der Waals surface area contributed by atoms with Gasteiger partial charge in [-0.1, -0.05) is 41.9 Å². The molecule has 0 radical (unpaired) electrons. The first-order chi connectivity index (χ1) is 15.4. The Morgan fingerprint density at radius 3 is 2.33 bits per heavy atom. The predicted octanol–water partition coefficient (Wildman–Crippen LogP) is 5.63. The first kappa shape index (κ1) is 23.2. The number of hydrogen-bond acceptors (Lipinski definition) is 4. The van der Waals surface area contributed by atoms with E-state index >= 15 is 4.39 Å². The number of rotatable bonds is 5. The Kier molecular flexibility index (Phi) is 5.90. The quantitative estimate of drug-likeness (QED) is 0.398. The van der Waals surface area contributed by atoms with Crippen molar-refractivity contribution in [3.05, 3.63) is 89.5 Å². The van der Waals surface area contributed by atoms with Gasteiger partial charge in [-0.25, -0.2) is 17.8 Å². The fourth-order valence-corrected chi connectivity index (χ4v) is 4.37. The molecule has 0 saturated carbocycles. The lowest BCUT2D eigenvalue weighted by Crippen LogP contribution is -2.15. The van der Waals surface area contributed by atoms with Gasteiger partial charge in [0.25, 0.3) is 0 Å². The van der Waals surface area contributed by atoms with Crippen molar-refractivity contribution in [3.8, 4) is 28.2 Å². The van der Waals surface area contributed by atoms with Crippen LogP contribution >= 0.6 is 11.6 Å². The highest BCUT2D eigenvalue weighted by Crippen LogP contribution is 2.33. The van der Waals surface area contributed by atoms with Crippen molar-refractivity contribution in [2.24, 2.45) is 0 Å².